The van der Waals surface area contributed by atoms with Crippen molar-refractivity contribution < 1.29 is 9.85 Å². The summed E-state index contributed by atoms with van der Waals surface area (Å²) >= 11 is 0. The van der Waals surface area contributed by atoms with Gasteiger partial charge in [0.25, 0.3) is 5.69 Å². The largest absolute Gasteiger partial charge is 0.387 e. The van der Waals surface area contributed by atoms with E-state index in [-0.39, 0.29) is 17.1 Å². The molecule has 0 fully saturated rings. The second-order valence-corrected chi connectivity index (χ2v) is 4.84. The number of nitro groups is 2. The number of nitro benzene ring substituents is 2. The van der Waals surface area contributed by atoms with Gasteiger partial charge < -0.3 is 5.73 Å². The van der Waals surface area contributed by atoms with E-state index < -0.39 is 9.85 Å². The number of anilines is 1. The van der Waals surface area contributed by atoms with Crippen molar-refractivity contribution in [2.24, 2.45) is 5.92 Å². The molecule has 0 aromatic heterocycles. The van der Waals surface area contributed by atoms with Crippen LogP contribution in [0.5, 0.6) is 0 Å². The van der Waals surface area contributed by atoms with Crippen molar-refractivity contribution in [2.75, 3.05) is 5.73 Å². The Morgan fingerprint density at radius 2 is 1.75 bits per heavy atom. The summed E-state index contributed by atoms with van der Waals surface area (Å²) in [5, 5.41) is 22.1. The maximum Gasteiger partial charge on any atom is 0.302 e. The first-order valence-corrected chi connectivity index (χ1v) is 6.54. The van der Waals surface area contributed by atoms with Crippen LogP contribution in [0.15, 0.2) is 6.07 Å². The zero-order chi connectivity index (χ0) is 15.4. The molecule has 2 N–H and O–H groups in total. The summed E-state index contributed by atoms with van der Waals surface area (Å²) < 4.78 is 0. The molecule has 0 unspecified atom stereocenters. The van der Waals surface area contributed by atoms with Crippen LogP contribution in [0.4, 0.5) is 17.1 Å². The van der Waals surface area contributed by atoms with Crippen LogP contribution < -0.4 is 5.73 Å². The predicted molar refractivity (Wildman–Crippen MR) is 76.7 cm³/mol. The quantitative estimate of drug-likeness (QED) is 0.488. The lowest BCUT2D eigenvalue weighted by molar-refractivity contribution is -0.392. The molecule has 0 atom stereocenters. The van der Waals surface area contributed by atoms with E-state index in [2.05, 4.69) is 0 Å². The number of hydrogen-bond donors (Lipinski definition) is 1. The molecule has 0 radical (unpaired) electrons. The van der Waals surface area contributed by atoms with Gasteiger partial charge in [0, 0.05) is 11.6 Å². The molecule has 0 saturated carbocycles. The maximum absolute atomic E-state index is 11.1. The van der Waals surface area contributed by atoms with E-state index in [0.29, 0.717) is 23.5 Å². The van der Waals surface area contributed by atoms with E-state index in [9.17, 15) is 20.2 Å². The number of hydrogen-bond acceptors (Lipinski definition) is 5. The highest BCUT2D eigenvalue weighted by Crippen LogP contribution is 2.37. The summed E-state index contributed by atoms with van der Waals surface area (Å²) in [7, 11) is 0. The smallest absolute Gasteiger partial charge is 0.302 e. The minimum atomic E-state index is -0.668. The molecular formula is C13H19N3O4. The van der Waals surface area contributed by atoms with Crippen LogP contribution in [0.2, 0.25) is 0 Å². The van der Waals surface area contributed by atoms with Gasteiger partial charge in [-0.3, -0.25) is 20.2 Å². The van der Waals surface area contributed by atoms with Crippen LogP contribution in [0, 0.1) is 33.1 Å². The highest BCUT2D eigenvalue weighted by Gasteiger charge is 2.28. The van der Waals surface area contributed by atoms with E-state index in [0.717, 1.165) is 12.8 Å². The van der Waals surface area contributed by atoms with Gasteiger partial charge in [-0.1, -0.05) is 26.7 Å². The molecular weight excluding hydrogens is 262 g/mol. The van der Waals surface area contributed by atoms with Gasteiger partial charge in [-0.25, -0.2) is 0 Å². The highest BCUT2D eigenvalue weighted by atomic mass is 16.6. The zero-order valence-electron chi connectivity index (χ0n) is 11.9. The van der Waals surface area contributed by atoms with Gasteiger partial charge in [0.1, 0.15) is 0 Å². The molecule has 0 aliphatic heterocycles. The van der Waals surface area contributed by atoms with E-state index in [1.54, 1.807) is 6.92 Å². The number of nitrogens with zero attached hydrogens (tertiary/aromatic N) is 2. The standard InChI is InChI=1S/C13H19N3O4/c1-4-9(5-2)6-10-7-11(15(17)18)12(14)13(8(10)3)16(19)20/h7,9H,4-6,14H2,1-3H3. The Labute approximate surface area is 117 Å². The molecule has 110 valence electrons. The summed E-state index contributed by atoms with van der Waals surface area (Å²) in [6, 6.07) is 1.37. The Bertz CT molecular complexity index is 539. The summed E-state index contributed by atoms with van der Waals surface area (Å²) in [6.45, 7) is 5.66. The lowest BCUT2D eigenvalue weighted by Gasteiger charge is -2.15. The zero-order valence-corrected chi connectivity index (χ0v) is 11.9. The second kappa shape index (κ2) is 6.31. The monoisotopic (exact) mass is 281 g/mol. The van der Waals surface area contributed by atoms with E-state index in [1.807, 2.05) is 13.8 Å². The molecule has 0 amide bonds. The molecule has 7 nitrogen and oxygen atoms in total. The molecule has 0 aliphatic rings. The Morgan fingerprint density at radius 3 is 2.15 bits per heavy atom. The molecule has 1 aromatic carbocycles. The van der Waals surface area contributed by atoms with E-state index in [4.69, 9.17) is 5.73 Å². The van der Waals surface area contributed by atoms with Crippen molar-refractivity contribution in [3.8, 4) is 0 Å². The number of benzene rings is 1. The molecule has 1 rings (SSSR count). The van der Waals surface area contributed by atoms with Crippen LogP contribution in [0.1, 0.15) is 37.8 Å². The third-order valence-corrected chi connectivity index (χ3v) is 3.72. The molecule has 20 heavy (non-hydrogen) atoms. The molecule has 0 saturated heterocycles. The number of rotatable bonds is 6. The Hall–Kier alpha value is -2.18. The molecule has 7 heteroatoms. The highest BCUT2D eigenvalue weighted by molar-refractivity contribution is 5.75. The third-order valence-electron chi connectivity index (χ3n) is 3.72. The summed E-state index contributed by atoms with van der Waals surface area (Å²) in [6.07, 6.45) is 2.42. The third kappa shape index (κ3) is 3.04. The van der Waals surface area contributed by atoms with Crippen LogP contribution in [-0.4, -0.2) is 9.85 Å². The minimum Gasteiger partial charge on any atom is -0.387 e. The molecule has 0 bridgehead atoms. The van der Waals surface area contributed by atoms with Gasteiger partial charge >= 0.3 is 5.69 Å². The fourth-order valence-corrected chi connectivity index (χ4v) is 2.31. The Kier molecular flexibility index (Phi) is 5.01. The topological polar surface area (TPSA) is 112 Å². The second-order valence-electron chi connectivity index (χ2n) is 4.84. The van der Waals surface area contributed by atoms with Crippen LogP contribution >= 0.6 is 0 Å². The van der Waals surface area contributed by atoms with Gasteiger partial charge in [0.2, 0.25) is 0 Å². The summed E-state index contributed by atoms with van der Waals surface area (Å²) in [5.74, 6) is 0.344. The molecule has 0 heterocycles. The first kappa shape index (κ1) is 15.9. The summed E-state index contributed by atoms with van der Waals surface area (Å²) in [5.41, 5.74) is 5.52. The van der Waals surface area contributed by atoms with Crippen molar-refractivity contribution in [1.82, 2.24) is 0 Å². The fraction of sp³-hybridized carbons (Fsp3) is 0.538. The normalized spacial score (nSPS) is 10.8. The van der Waals surface area contributed by atoms with Crippen molar-refractivity contribution in [2.45, 2.75) is 40.0 Å². The molecule has 0 spiro atoms. The van der Waals surface area contributed by atoms with Crippen LogP contribution in [0.25, 0.3) is 0 Å². The van der Waals surface area contributed by atoms with Gasteiger partial charge in [0.15, 0.2) is 5.69 Å². The van der Waals surface area contributed by atoms with Gasteiger partial charge in [-0.15, -0.1) is 0 Å². The fourth-order valence-electron chi connectivity index (χ4n) is 2.31. The van der Waals surface area contributed by atoms with E-state index >= 15 is 0 Å². The number of nitrogens with two attached hydrogens (primary N) is 1. The van der Waals surface area contributed by atoms with Gasteiger partial charge in [0.05, 0.1) is 9.85 Å². The average molecular weight is 281 g/mol. The average Bonchev–Trinajstić information content (AvgIpc) is 2.37. The number of nitrogen functional groups attached to an aromatic ring is 1. The van der Waals surface area contributed by atoms with Crippen molar-refractivity contribution >= 4 is 17.1 Å². The Morgan fingerprint density at radius 1 is 1.20 bits per heavy atom. The molecule has 0 aliphatic carbocycles. The van der Waals surface area contributed by atoms with Crippen molar-refractivity contribution in [3.05, 3.63) is 37.4 Å². The lowest BCUT2D eigenvalue weighted by Crippen LogP contribution is -2.09. The minimum absolute atomic E-state index is 0.344. The van der Waals surface area contributed by atoms with Crippen molar-refractivity contribution in [1.29, 1.82) is 0 Å². The van der Waals surface area contributed by atoms with E-state index in [1.165, 1.54) is 6.07 Å². The lowest BCUT2D eigenvalue weighted by atomic mass is 9.91. The maximum atomic E-state index is 11.1. The van der Waals surface area contributed by atoms with Gasteiger partial charge in [-0.2, -0.15) is 0 Å². The Balaban J connectivity index is 3.45. The SMILES string of the molecule is CCC(CC)Cc1cc([N+](=O)[O-])c(N)c([N+](=O)[O-])c1C. The predicted octanol–water partition coefficient (Wildman–Crippen LogP) is 3.37. The summed E-state index contributed by atoms with van der Waals surface area (Å²) in [4.78, 5) is 20.8. The van der Waals surface area contributed by atoms with Crippen LogP contribution in [-0.2, 0) is 6.42 Å². The first-order chi connectivity index (χ1) is 9.33. The first-order valence-electron chi connectivity index (χ1n) is 6.54. The van der Waals surface area contributed by atoms with Crippen molar-refractivity contribution in [3.63, 3.8) is 0 Å². The molecule has 1 aromatic rings. The van der Waals surface area contributed by atoms with Gasteiger partial charge in [-0.05, 0) is 24.8 Å². The van der Waals surface area contributed by atoms with Crippen LogP contribution in [0.3, 0.4) is 0 Å².